The molecule has 1 unspecified atom stereocenters. The standard InChI is InChI=1S/C43H82NO6P/c1-3-5-7-9-11-13-15-17-19-21-23-25-27-32-38-47-41-43(42-50-51(45,46)49-40-34-37-44-35-30-29-31-36-44)48-39-33-28-26-24-22-20-18-16-14-12-10-8-6-4-2/h29-31,35-36,43H,3-28,32-34,37-42H2,1-2H3/p+1/t43-/m1/s1. The molecule has 1 rings (SSSR count). The molecule has 0 aromatic carbocycles. The average Bonchev–Trinajstić information content (AvgIpc) is 3.14. The lowest BCUT2D eigenvalue weighted by Gasteiger charge is -2.23. The van der Waals surface area contributed by atoms with Gasteiger partial charge in [0.25, 0.3) is 0 Å². The number of phosphoric acid groups is 1. The predicted molar refractivity (Wildman–Crippen MR) is 213 cm³/mol. The molecule has 7 nitrogen and oxygen atoms in total. The van der Waals surface area contributed by atoms with Gasteiger partial charge in [-0.25, -0.2) is 4.57 Å². The van der Waals surface area contributed by atoms with Gasteiger partial charge in [-0.15, -0.1) is 0 Å². The molecule has 1 aromatic rings. The molecule has 1 aromatic heterocycles. The first-order valence-corrected chi connectivity index (χ1v) is 23.3. The zero-order valence-corrected chi connectivity index (χ0v) is 34.5. The second kappa shape index (κ2) is 37.6. The van der Waals surface area contributed by atoms with Gasteiger partial charge in [-0.05, 0) is 12.8 Å². The number of hydrogen-bond donors (Lipinski definition) is 1. The van der Waals surface area contributed by atoms with Crippen LogP contribution in [0.15, 0.2) is 30.6 Å². The van der Waals surface area contributed by atoms with Crippen molar-refractivity contribution in [3.63, 3.8) is 0 Å². The summed E-state index contributed by atoms with van der Waals surface area (Å²) >= 11 is 0. The zero-order valence-electron chi connectivity index (χ0n) is 33.6. The summed E-state index contributed by atoms with van der Waals surface area (Å²) in [5, 5.41) is 0. The predicted octanol–water partition coefficient (Wildman–Crippen LogP) is 11.8. The van der Waals surface area contributed by atoms with Crippen molar-refractivity contribution in [2.75, 3.05) is 33.0 Å². The summed E-state index contributed by atoms with van der Waals surface area (Å²) in [5.74, 6) is 0. The molecular formula is C43H83NO6P+. The van der Waals surface area contributed by atoms with Gasteiger partial charge < -0.3 is 14.4 Å². The van der Waals surface area contributed by atoms with E-state index in [1.807, 2.05) is 35.2 Å². The van der Waals surface area contributed by atoms with Crippen LogP contribution in [0.1, 0.15) is 200 Å². The van der Waals surface area contributed by atoms with Gasteiger partial charge >= 0.3 is 8.17 Å². The van der Waals surface area contributed by atoms with E-state index in [1.165, 1.54) is 161 Å². The van der Waals surface area contributed by atoms with Crippen molar-refractivity contribution in [1.82, 2.24) is 0 Å². The molecule has 300 valence electrons. The third kappa shape index (κ3) is 34.8. The van der Waals surface area contributed by atoms with Crippen molar-refractivity contribution < 1.29 is 32.9 Å². The van der Waals surface area contributed by atoms with Crippen molar-refractivity contribution >= 4 is 8.17 Å². The lowest BCUT2D eigenvalue weighted by Crippen LogP contribution is -2.33. The minimum atomic E-state index is -4.16. The fourth-order valence-corrected chi connectivity index (χ4v) is 7.32. The van der Waals surface area contributed by atoms with Crippen LogP contribution in [-0.4, -0.2) is 44.0 Å². The van der Waals surface area contributed by atoms with Crippen LogP contribution in [0.3, 0.4) is 0 Å². The Kier molecular flexibility index (Phi) is 35.7. The van der Waals surface area contributed by atoms with Crippen molar-refractivity contribution in [2.45, 2.75) is 213 Å². The summed E-state index contributed by atoms with van der Waals surface area (Å²) in [6.45, 7) is 7.05. The number of aryl methyl sites for hydroxylation is 1. The first kappa shape index (κ1) is 48.4. The van der Waals surface area contributed by atoms with Gasteiger partial charge in [-0.2, -0.15) is 13.9 Å². The maximum Gasteiger partial charge on any atom is 0.376 e. The van der Waals surface area contributed by atoms with E-state index in [2.05, 4.69) is 13.8 Å². The van der Waals surface area contributed by atoms with Crippen molar-refractivity contribution in [3.05, 3.63) is 30.6 Å². The lowest BCUT2D eigenvalue weighted by molar-refractivity contribution is -0.697. The van der Waals surface area contributed by atoms with E-state index in [4.69, 9.17) is 18.5 Å². The Hall–Kier alpha value is -0.660. The maximum absolute atomic E-state index is 12.6. The highest BCUT2D eigenvalue weighted by molar-refractivity contribution is 7.52. The third-order valence-electron chi connectivity index (χ3n) is 9.81. The Morgan fingerprint density at radius 3 is 1.35 bits per heavy atom. The normalized spacial score (nSPS) is 13.5. The van der Waals surface area contributed by atoms with Gasteiger partial charge in [0.2, 0.25) is 0 Å². The monoisotopic (exact) mass is 741 g/mol. The smallest absolute Gasteiger partial charge is 0.376 e. The fourth-order valence-electron chi connectivity index (χ4n) is 6.53. The summed E-state index contributed by atoms with van der Waals surface area (Å²) in [6, 6.07) is 5.88. The number of unbranched alkanes of at least 4 members (excludes halogenated alkanes) is 26. The summed E-state index contributed by atoms with van der Waals surface area (Å²) in [6.07, 6.45) is 41.3. The van der Waals surface area contributed by atoms with Crippen LogP contribution in [0, 0.1) is 0 Å². The number of hydrogen-bond acceptors (Lipinski definition) is 6. The van der Waals surface area contributed by atoms with E-state index in [0.717, 1.165) is 19.3 Å². The molecule has 0 radical (unpaired) electrons. The highest BCUT2D eigenvalue weighted by Gasteiger charge is 2.29. The zero-order chi connectivity index (χ0) is 36.8. The van der Waals surface area contributed by atoms with Crippen LogP contribution in [0.5, 0.6) is 0 Å². The van der Waals surface area contributed by atoms with Crippen molar-refractivity contribution in [1.29, 1.82) is 0 Å². The molecule has 0 saturated carbocycles. The Bertz CT molecular complexity index is 817. The average molecular weight is 741 g/mol. The summed E-state index contributed by atoms with van der Waals surface area (Å²) in [7, 11) is -4.16. The molecule has 8 heteroatoms. The van der Waals surface area contributed by atoms with Gasteiger partial charge in [0, 0.05) is 31.8 Å². The number of nitrogens with zero attached hydrogens (tertiary/aromatic N) is 1. The van der Waals surface area contributed by atoms with E-state index in [0.29, 0.717) is 32.8 Å². The Morgan fingerprint density at radius 2 is 0.902 bits per heavy atom. The molecule has 2 atom stereocenters. The lowest BCUT2D eigenvalue weighted by atomic mass is 10.0. The molecular weight excluding hydrogens is 657 g/mol. The Morgan fingerprint density at radius 1 is 0.490 bits per heavy atom. The van der Waals surface area contributed by atoms with E-state index >= 15 is 0 Å². The molecule has 0 spiro atoms. The molecule has 0 aliphatic carbocycles. The Balaban J connectivity index is 2.19. The molecule has 0 aliphatic rings. The van der Waals surface area contributed by atoms with Crippen LogP contribution in [0.25, 0.3) is 0 Å². The third-order valence-corrected chi connectivity index (χ3v) is 10.8. The van der Waals surface area contributed by atoms with Crippen molar-refractivity contribution in [2.24, 2.45) is 0 Å². The molecule has 0 bridgehead atoms. The van der Waals surface area contributed by atoms with Gasteiger partial charge in [-0.3, -0.25) is 0 Å². The Labute approximate surface area is 316 Å². The maximum atomic E-state index is 12.6. The number of rotatable bonds is 41. The first-order valence-electron chi connectivity index (χ1n) is 21.8. The number of phosphoric ester groups is 1. The summed E-state index contributed by atoms with van der Waals surface area (Å²) < 4.78 is 24.7. The van der Waals surface area contributed by atoms with E-state index in [1.54, 1.807) is 0 Å². The second-order valence-corrected chi connectivity index (χ2v) is 16.3. The first-order chi connectivity index (χ1) is 25.1. The minimum absolute atomic E-state index is 0.0153. The van der Waals surface area contributed by atoms with Crippen LogP contribution in [-0.2, 0) is 25.1 Å². The highest BCUT2D eigenvalue weighted by atomic mass is 31.2. The van der Waals surface area contributed by atoms with Gasteiger partial charge in [0.1, 0.15) is 19.3 Å². The second-order valence-electron chi connectivity index (χ2n) is 14.8. The van der Waals surface area contributed by atoms with Gasteiger partial charge in [0.15, 0.2) is 18.9 Å². The van der Waals surface area contributed by atoms with Gasteiger partial charge in [-0.1, -0.05) is 187 Å². The highest BCUT2D eigenvalue weighted by Crippen LogP contribution is 2.47. The molecule has 1 N–H and O–H groups in total. The molecule has 0 aliphatic heterocycles. The number of pyridine rings is 1. The van der Waals surface area contributed by atoms with E-state index < -0.39 is 8.17 Å². The molecule has 51 heavy (non-hydrogen) atoms. The van der Waals surface area contributed by atoms with Crippen LogP contribution >= 0.6 is 8.17 Å². The van der Waals surface area contributed by atoms with Crippen LogP contribution in [0.4, 0.5) is 0 Å². The number of aromatic nitrogens is 1. The van der Waals surface area contributed by atoms with Crippen LogP contribution < -0.4 is 9.46 Å². The fraction of sp³-hybridized carbons (Fsp3) is 0.884. The topological polar surface area (TPSA) is 84.1 Å². The van der Waals surface area contributed by atoms with Crippen molar-refractivity contribution in [3.8, 4) is 0 Å². The molecule has 0 amide bonds. The SMILES string of the molecule is CCCCCCCCCCCCCCCCOC[C@H](CO[P+]([O-])(O)OCCC[n+]1ccccc1)OCCCCCCCCCCCCCCCC. The number of ether oxygens (including phenoxy) is 2. The molecule has 1 heterocycles. The quantitative estimate of drug-likeness (QED) is 0.0409. The summed E-state index contributed by atoms with van der Waals surface area (Å²) in [5.41, 5.74) is 0. The largest absolute Gasteiger partial charge is 0.606 e. The molecule has 0 saturated heterocycles. The molecule has 0 fully saturated rings. The summed E-state index contributed by atoms with van der Waals surface area (Å²) in [4.78, 5) is 22.9. The minimum Gasteiger partial charge on any atom is -0.606 e. The van der Waals surface area contributed by atoms with Gasteiger partial charge in [0.05, 0.1) is 6.61 Å². The van der Waals surface area contributed by atoms with E-state index in [9.17, 15) is 9.79 Å². The van der Waals surface area contributed by atoms with Crippen LogP contribution in [0.2, 0.25) is 0 Å². The van der Waals surface area contributed by atoms with E-state index in [-0.39, 0.29) is 19.3 Å².